The molecule has 0 bridgehead atoms. The summed E-state index contributed by atoms with van der Waals surface area (Å²) in [5, 5.41) is 27.9. The molecule has 1 aliphatic rings. The fourth-order valence-electron chi connectivity index (χ4n) is 1.66. The summed E-state index contributed by atoms with van der Waals surface area (Å²) in [4.78, 5) is 0. The third-order valence-electron chi connectivity index (χ3n) is 2.50. The molecule has 1 atom stereocenters. The number of phenolic OH excluding ortho intramolecular Hbond substituents is 2. The van der Waals surface area contributed by atoms with Crippen LogP contribution in [0.5, 0.6) is 11.5 Å². The van der Waals surface area contributed by atoms with Crippen LogP contribution in [-0.2, 0) is 0 Å². The minimum atomic E-state index is -0.392. The molecule has 17 heavy (non-hydrogen) atoms. The van der Waals surface area contributed by atoms with Crippen molar-refractivity contribution in [3.05, 3.63) is 53.6 Å². The first-order valence-corrected chi connectivity index (χ1v) is 5.41. The summed E-state index contributed by atoms with van der Waals surface area (Å²) in [5.74, 6) is 0.0708. The number of hydrogen-bond acceptors (Lipinski definition) is 3. The van der Waals surface area contributed by atoms with Gasteiger partial charge in [0.25, 0.3) is 0 Å². The van der Waals surface area contributed by atoms with Crippen LogP contribution in [0.3, 0.4) is 0 Å². The van der Waals surface area contributed by atoms with Crippen molar-refractivity contribution in [2.75, 3.05) is 0 Å². The van der Waals surface area contributed by atoms with Crippen LogP contribution in [0.15, 0.2) is 48.1 Å². The van der Waals surface area contributed by atoms with Gasteiger partial charge in [-0.15, -0.1) is 0 Å². The van der Waals surface area contributed by atoms with Gasteiger partial charge >= 0.3 is 0 Å². The lowest BCUT2D eigenvalue weighted by atomic mass is 10.0. The number of hydrogen-bond donors (Lipinski definition) is 3. The average Bonchev–Trinajstić information content (AvgIpc) is 2.27. The fourth-order valence-corrected chi connectivity index (χ4v) is 1.66. The van der Waals surface area contributed by atoms with E-state index in [0.29, 0.717) is 6.42 Å². The number of allylic oxidation sites excluding steroid dienone is 3. The highest BCUT2D eigenvalue weighted by molar-refractivity contribution is 5.58. The number of aliphatic hydroxyl groups excluding tert-OH is 1. The van der Waals surface area contributed by atoms with Gasteiger partial charge in [0.2, 0.25) is 0 Å². The highest BCUT2D eigenvalue weighted by Gasteiger charge is 2.02. The van der Waals surface area contributed by atoms with E-state index in [1.807, 2.05) is 18.2 Å². The molecule has 1 aromatic carbocycles. The van der Waals surface area contributed by atoms with Gasteiger partial charge in [0, 0.05) is 6.07 Å². The van der Waals surface area contributed by atoms with Crippen molar-refractivity contribution in [3.8, 4) is 11.5 Å². The van der Waals surface area contributed by atoms with Gasteiger partial charge in [-0.05, 0) is 29.7 Å². The predicted octanol–water partition coefficient (Wildman–Crippen LogP) is 2.36. The van der Waals surface area contributed by atoms with Crippen LogP contribution in [0.4, 0.5) is 0 Å². The van der Waals surface area contributed by atoms with Crippen molar-refractivity contribution >= 4 is 6.08 Å². The lowest BCUT2D eigenvalue weighted by Crippen LogP contribution is -2.03. The maximum atomic E-state index is 9.31. The Morgan fingerprint density at radius 2 is 1.76 bits per heavy atom. The lowest BCUT2D eigenvalue weighted by Gasteiger charge is -2.07. The Hall–Kier alpha value is -2.00. The van der Waals surface area contributed by atoms with E-state index in [1.54, 1.807) is 24.3 Å². The summed E-state index contributed by atoms with van der Waals surface area (Å²) < 4.78 is 0. The maximum Gasteiger partial charge on any atom is 0.119 e. The van der Waals surface area contributed by atoms with E-state index >= 15 is 0 Å². The summed E-state index contributed by atoms with van der Waals surface area (Å²) >= 11 is 0. The number of aliphatic hydroxyl groups is 1. The summed E-state index contributed by atoms with van der Waals surface area (Å²) in [6, 6.07) is 4.42. The van der Waals surface area contributed by atoms with Crippen molar-refractivity contribution in [3.63, 3.8) is 0 Å². The topological polar surface area (TPSA) is 60.7 Å². The molecule has 0 aliphatic heterocycles. The molecule has 0 saturated heterocycles. The second-order valence-electron chi connectivity index (χ2n) is 3.98. The van der Waals surface area contributed by atoms with Crippen LogP contribution in [0.2, 0.25) is 0 Å². The van der Waals surface area contributed by atoms with Crippen LogP contribution in [0, 0.1) is 0 Å². The van der Waals surface area contributed by atoms with Gasteiger partial charge in [-0.2, -0.15) is 0 Å². The first-order chi connectivity index (χ1) is 8.13. The molecule has 3 N–H and O–H groups in total. The van der Waals surface area contributed by atoms with Crippen LogP contribution in [-0.4, -0.2) is 21.4 Å². The van der Waals surface area contributed by atoms with Crippen LogP contribution in [0.25, 0.3) is 6.08 Å². The molecule has 1 unspecified atom stereocenters. The first-order valence-electron chi connectivity index (χ1n) is 5.41. The Kier molecular flexibility index (Phi) is 3.30. The van der Waals surface area contributed by atoms with Gasteiger partial charge in [-0.1, -0.05) is 30.4 Å². The number of aromatic hydroxyl groups is 2. The monoisotopic (exact) mass is 230 g/mol. The Labute approximate surface area is 99.7 Å². The molecular formula is C14H14O3. The van der Waals surface area contributed by atoms with Crippen LogP contribution in [0.1, 0.15) is 12.0 Å². The molecule has 1 aliphatic carbocycles. The average molecular weight is 230 g/mol. The summed E-state index contributed by atoms with van der Waals surface area (Å²) in [6.45, 7) is 0. The Morgan fingerprint density at radius 3 is 2.35 bits per heavy atom. The molecule has 3 nitrogen and oxygen atoms in total. The van der Waals surface area contributed by atoms with Crippen molar-refractivity contribution in [1.29, 1.82) is 0 Å². The maximum absolute atomic E-state index is 9.31. The van der Waals surface area contributed by atoms with Gasteiger partial charge < -0.3 is 15.3 Å². The van der Waals surface area contributed by atoms with E-state index in [9.17, 15) is 15.3 Å². The third kappa shape index (κ3) is 3.23. The molecule has 1 aromatic rings. The minimum absolute atomic E-state index is 0.0354. The van der Waals surface area contributed by atoms with E-state index < -0.39 is 6.10 Å². The Bertz CT molecular complexity index is 478. The molecular weight excluding hydrogens is 216 g/mol. The standard InChI is InChI=1S/C14H14O3/c15-12-5-3-10(4-6-12)1-2-11-7-13(16)9-14(17)8-11/h1-5,7-9,12,15-17H,6H2/b2-1+. The van der Waals surface area contributed by atoms with E-state index in [2.05, 4.69) is 0 Å². The van der Waals surface area contributed by atoms with E-state index in [0.717, 1.165) is 11.1 Å². The number of rotatable bonds is 2. The Balaban J connectivity index is 2.13. The number of phenols is 2. The summed E-state index contributed by atoms with van der Waals surface area (Å²) in [7, 11) is 0. The summed E-state index contributed by atoms with van der Waals surface area (Å²) in [5.41, 5.74) is 1.72. The first kappa shape index (κ1) is 11.5. The second kappa shape index (κ2) is 4.89. The largest absolute Gasteiger partial charge is 0.508 e. The molecule has 2 rings (SSSR count). The van der Waals surface area contributed by atoms with Gasteiger partial charge in [0.15, 0.2) is 0 Å². The number of benzene rings is 1. The third-order valence-corrected chi connectivity index (χ3v) is 2.50. The zero-order valence-electron chi connectivity index (χ0n) is 9.24. The molecule has 0 aromatic heterocycles. The summed E-state index contributed by atoms with van der Waals surface area (Å²) in [6.07, 6.45) is 9.40. The van der Waals surface area contributed by atoms with Crippen molar-refractivity contribution in [2.45, 2.75) is 12.5 Å². The fraction of sp³-hybridized carbons (Fsp3) is 0.143. The highest BCUT2D eigenvalue weighted by atomic mass is 16.3. The quantitative estimate of drug-likeness (QED) is 0.731. The van der Waals surface area contributed by atoms with Crippen molar-refractivity contribution in [1.82, 2.24) is 0 Å². The van der Waals surface area contributed by atoms with E-state index in [1.165, 1.54) is 6.07 Å². The van der Waals surface area contributed by atoms with Gasteiger partial charge in [-0.3, -0.25) is 0 Å². The lowest BCUT2D eigenvalue weighted by molar-refractivity contribution is 0.225. The molecule has 0 fully saturated rings. The Morgan fingerprint density at radius 1 is 1.06 bits per heavy atom. The molecule has 0 amide bonds. The van der Waals surface area contributed by atoms with Crippen molar-refractivity contribution < 1.29 is 15.3 Å². The van der Waals surface area contributed by atoms with Gasteiger partial charge in [0.1, 0.15) is 11.5 Å². The molecule has 3 heteroatoms. The predicted molar refractivity (Wildman–Crippen MR) is 66.7 cm³/mol. The minimum Gasteiger partial charge on any atom is -0.508 e. The second-order valence-corrected chi connectivity index (χ2v) is 3.98. The van der Waals surface area contributed by atoms with E-state index in [4.69, 9.17) is 0 Å². The van der Waals surface area contributed by atoms with Crippen LogP contribution < -0.4 is 0 Å². The van der Waals surface area contributed by atoms with Crippen LogP contribution >= 0.6 is 0 Å². The zero-order chi connectivity index (χ0) is 12.3. The van der Waals surface area contributed by atoms with E-state index in [-0.39, 0.29) is 11.5 Å². The van der Waals surface area contributed by atoms with Crippen molar-refractivity contribution in [2.24, 2.45) is 0 Å². The molecule has 0 radical (unpaired) electrons. The molecule has 0 heterocycles. The molecule has 0 saturated carbocycles. The van der Waals surface area contributed by atoms with Gasteiger partial charge in [-0.25, -0.2) is 0 Å². The zero-order valence-corrected chi connectivity index (χ0v) is 9.24. The highest BCUT2D eigenvalue weighted by Crippen LogP contribution is 2.22. The molecule has 88 valence electrons. The van der Waals surface area contributed by atoms with Gasteiger partial charge in [0.05, 0.1) is 6.10 Å². The molecule has 0 spiro atoms. The SMILES string of the molecule is Oc1cc(O)cc(/C=C/C2=CCC(O)C=C2)c1. The normalized spacial score (nSPS) is 19.6. The smallest absolute Gasteiger partial charge is 0.119 e.